The molecule has 5 nitrogen and oxygen atoms in total. The van der Waals surface area contributed by atoms with E-state index in [2.05, 4.69) is 4.98 Å². The molecule has 0 aliphatic carbocycles. The van der Waals surface area contributed by atoms with Gasteiger partial charge in [-0.1, -0.05) is 11.6 Å². The predicted molar refractivity (Wildman–Crippen MR) is 91.4 cm³/mol. The van der Waals surface area contributed by atoms with E-state index in [0.29, 0.717) is 27.9 Å². The monoisotopic (exact) mass is 370 g/mol. The molecule has 1 aliphatic heterocycles. The van der Waals surface area contributed by atoms with E-state index in [9.17, 15) is 14.7 Å². The fraction of sp³-hybridized carbons (Fsp3) is 0.400. The Balaban J connectivity index is 1.84. The van der Waals surface area contributed by atoms with Crippen molar-refractivity contribution >= 4 is 46.2 Å². The van der Waals surface area contributed by atoms with Crippen LogP contribution in [0.5, 0.6) is 0 Å². The number of aromatic nitrogens is 1. The van der Waals surface area contributed by atoms with Crippen LogP contribution in [0.2, 0.25) is 4.34 Å². The molecule has 2 aromatic heterocycles. The Morgan fingerprint density at radius 1 is 1.39 bits per heavy atom. The van der Waals surface area contributed by atoms with Crippen molar-refractivity contribution in [3.8, 4) is 9.88 Å². The first kappa shape index (κ1) is 16.4. The fourth-order valence-corrected chi connectivity index (χ4v) is 4.71. The molecule has 1 aliphatic rings. The number of halogens is 1. The second kappa shape index (κ2) is 5.89. The summed E-state index contributed by atoms with van der Waals surface area (Å²) in [5, 5.41) is 10.1. The minimum absolute atomic E-state index is 0.140. The number of carbonyl (C=O) groups excluding carboxylic acids is 1. The van der Waals surface area contributed by atoms with E-state index < -0.39 is 11.4 Å². The summed E-state index contributed by atoms with van der Waals surface area (Å²) < 4.78 is 0.678. The first-order chi connectivity index (χ1) is 10.8. The summed E-state index contributed by atoms with van der Waals surface area (Å²) in [4.78, 5) is 31.6. The Kier molecular flexibility index (Phi) is 4.20. The van der Waals surface area contributed by atoms with Gasteiger partial charge in [0.05, 0.1) is 20.3 Å². The second-order valence-electron chi connectivity index (χ2n) is 5.88. The zero-order chi connectivity index (χ0) is 16.8. The summed E-state index contributed by atoms with van der Waals surface area (Å²) in [6.07, 6.45) is 0.472. The van der Waals surface area contributed by atoms with Crippen molar-refractivity contribution < 1.29 is 14.7 Å². The van der Waals surface area contributed by atoms with Crippen molar-refractivity contribution in [1.29, 1.82) is 0 Å². The number of aliphatic carboxylic acids is 1. The van der Waals surface area contributed by atoms with Gasteiger partial charge >= 0.3 is 5.97 Å². The van der Waals surface area contributed by atoms with Crippen LogP contribution in [0.1, 0.15) is 28.7 Å². The molecular weight excluding hydrogens is 356 g/mol. The summed E-state index contributed by atoms with van der Waals surface area (Å²) in [6, 6.07) is 3.69. The average Bonchev–Trinajstić information content (AvgIpc) is 3.18. The summed E-state index contributed by atoms with van der Waals surface area (Å²) in [7, 11) is 0. The van der Waals surface area contributed by atoms with Gasteiger partial charge in [-0.2, -0.15) is 0 Å². The quantitative estimate of drug-likeness (QED) is 0.892. The zero-order valence-corrected chi connectivity index (χ0v) is 15.0. The predicted octanol–water partition coefficient (Wildman–Crippen LogP) is 3.77. The van der Waals surface area contributed by atoms with Crippen LogP contribution in [-0.4, -0.2) is 40.0 Å². The zero-order valence-electron chi connectivity index (χ0n) is 12.6. The van der Waals surface area contributed by atoms with Gasteiger partial charge in [-0.25, -0.2) is 4.98 Å². The van der Waals surface area contributed by atoms with Gasteiger partial charge < -0.3 is 10.0 Å². The number of carbonyl (C=O) groups is 2. The lowest BCUT2D eigenvalue weighted by Gasteiger charge is -2.19. The van der Waals surface area contributed by atoms with E-state index in [1.54, 1.807) is 24.8 Å². The van der Waals surface area contributed by atoms with Crippen LogP contribution in [-0.2, 0) is 4.79 Å². The van der Waals surface area contributed by atoms with Crippen molar-refractivity contribution in [1.82, 2.24) is 9.88 Å². The molecule has 1 unspecified atom stereocenters. The van der Waals surface area contributed by atoms with E-state index in [1.807, 2.05) is 6.07 Å². The molecule has 0 saturated carbocycles. The smallest absolute Gasteiger partial charge is 0.311 e. The number of nitrogens with zero attached hydrogens (tertiary/aromatic N) is 2. The van der Waals surface area contributed by atoms with Gasteiger partial charge in [0, 0.05) is 13.1 Å². The molecule has 23 heavy (non-hydrogen) atoms. The SMILES string of the molecule is Cc1nc(-c2ccc(Cl)s2)sc1C(=O)N1CCC(C)(C(=O)O)C1. The van der Waals surface area contributed by atoms with Crippen molar-refractivity contribution in [2.45, 2.75) is 20.3 Å². The third-order valence-corrected chi connectivity index (χ3v) is 6.60. The summed E-state index contributed by atoms with van der Waals surface area (Å²) >= 11 is 8.70. The van der Waals surface area contributed by atoms with Crippen molar-refractivity contribution in [3.05, 3.63) is 27.0 Å². The molecule has 1 saturated heterocycles. The van der Waals surface area contributed by atoms with Crippen LogP contribution in [0.25, 0.3) is 9.88 Å². The molecule has 3 heterocycles. The number of aryl methyl sites for hydroxylation is 1. The van der Waals surface area contributed by atoms with Gasteiger partial charge in [0.15, 0.2) is 0 Å². The lowest BCUT2D eigenvalue weighted by Crippen LogP contribution is -2.34. The molecule has 0 spiro atoms. The van der Waals surface area contributed by atoms with E-state index in [-0.39, 0.29) is 12.5 Å². The summed E-state index contributed by atoms with van der Waals surface area (Å²) in [5.74, 6) is -0.998. The summed E-state index contributed by atoms with van der Waals surface area (Å²) in [5.41, 5.74) is -0.193. The van der Waals surface area contributed by atoms with E-state index in [1.165, 1.54) is 22.7 Å². The molecule has 8 heteroatoms. The Hall–Kier alpha value is -1.44. The highest BCUT2D eigenvalue weighted by Gasteiger charge is 2.42. The second-order valence-corrected chi connectivity index (χ2v) is 8.59. The van der Waals surface area contributed by atoms with Crippen LogP contribution < -0.4 is 0 Å². The highest BCUT2D eigenvalue weighted by atomic mass is 35.5. The standard InChI is InChI=1S/C15H15ClN2O3S2/c1-8-11(23-12(17-8)9-3-4-10(16)22-9)13(19)18-6-5-15(2,7-18)14(20)21/h3-4H,5-7H2,1-2H3,(H,20,21). The third kappa shape index (κ3) is 3.00. The number of hydrogen-bond donors (Lipinski definition) is 1. The first-order valence-corrected chi connectivity index (χ1v) is 9.07. The third-order valence-electron chi connectivity index (χ3n) is 4.05. The molecule has 122 valence electrons. The van der Waals surface area contributed by atoms with Gasteiger partial charge in [-0.3, -0.25) is 9.59 Å². The molecule has 1 atom stereocenters. The normalized spacial score (nSPS) is 20.9. The number of thiophene rings is 1. The van der Waals surface area contributed by atoms with E-state index in [0.717, 1.165) is 9.88 Å². The van der Waals surface area contributed by atoms with E-state index in [4.69, 9.17) is 11.6 Å². The lowest BCUT2D eigenvalue weighted by molar-refractivity contribution is -0.147. The number of carboxylic acid groups (broad SMARTS) is 1. The maximum absolute atomic E-state index is 12.7. The molecule has 0 aromatic carbocycles. The molecule has 1 amide bonds. The van der Waals surface area contributed by atoms with Gasteiger partial charge in [-0.05, 0) is 32.4 Å². The van der Waals surface area contributed by atoms with E-state index >= 15 is 0 Å². The Morgan fingerprint density at radius 2 is 2.13 bits per heavy atom. The molecule has 1 N–H and O–H groups in total. The van der Waals surface area contributed by atoms with Crippen molar-refractivity contribution in [2.24, 2.45) is 5.41 Å². The topological polar surface area (TPSA) is 70.5 Å². The van der Waals surface area contributed by atoms with Crippen LogP contribution in [0.4, 0.5) is 0 Å². The number of hydrogen-bond acceptors (Lipinski definition) is 5. The number of amides is 1. The number of carboxylic acids is 1. The maximum atomic E-state index is 12.7. The number of thiazole rings is 1. The fourth-order valence-electron chi connectivity index (χ4n) is 2.58. The van der Waals surface area contributed by atoms with Gasteiger partial charge in [0.25, 0.3) is 5.91 Å². The van der Waals surface area contributed by atoms with Gasteiger partial charge in [0.2, 0.25) is 0 Å². The van der Waals surface area contributed by atoms with Gasteiger partial charge in [0.1, 0.15) is 9.88 Å². The van der Waals surface area contributed by atoms with Crippen molar-refractivity contribution in [3.63, 3.8) is 0 Å². The number of likely N-dealkylation sites (tertiary alicyclic amines) is 1. The first-order valence-electron chi connectivity index (χ1n) is 7.06. The Labute approximate surface area is 146 Å². The maximum Gasteiger partial charge on any atom is 0.311 e. The molecule has 0 bridgehead atoms. The highest BCUT2D eigenvalue weighted by molar-refractivity contribution is 7.24. The lowest BCUT2D eigenvalue weighted by atomic mass is 9.90. The molecular formula is C15H15ClN2O3S2. The van der Waals surface area contributed by atoms with Crippen molar-refractivity contribution in [2.75, 3.05) is 13.1 Å². The van der Waals surface area contributed by atoms with Crippen LogP contribution in [0.15, 0.2) is 12.1 Å². The molecule has 2 aromatic rings. The highest BCUT2D eigenvalue weighted by Crippen LogP contribution is 2.37. The molecule has 1 fully saturated rings. The molecule has 3 rings (SSSR count). The summed E-state index contributed by atoms with van der Waals surface area (Å²) in [6.45, 7) is 4.17. The minimum atomic E-state index is -0.863. The van der Waals surface area contributed by atoms with Crippen LogP contribution in [0, 0.1) is 12.3 Å². The largest absolute Gasteiger partial charge is 0.481 e. The minimum Gasteiger partial charge on any atom is -0.481 e. The van der Waals surface area contributed by atoms with Gasteiger partial charge in [-0.15, -0.1) is 22.7 Å². The average molecular weight is 371 g/mol. The molecule has 0 radical (unpaired) electrons. The Bertz CT molecular complexity index is 786. The Morgan fingerprint density at radius 3 is 2.70 bits per heavy atom. The van der Waals surface area contributed by atoms with Crippen LogP contribution >= 0.6 is 34.3 Å². The van der Waals surface area contributed by atoms with Crippen LogP contribution in [0.3, 0.4) is 0 Å². The number of rotatable bonds is 3.